The molecule has 0 aliphatic carbocycles. The van der Waals surface area contributed by atoms with Crippen molar-refractivity contribution in [3.05, 3.63) is 93.3 Å². The normalized spacial score (nSPS) is 16.1. The van der Waals surface area contributed by atoms with Crippen LogP contribution in [-0.2, 0) is 9.53 Å². The zero-order chi connectivity index (χ0) is 23.0. The van der Waals surface area contributed by atoms with Crippen LogP contribution in [0.2, 0.25) is 0 Å². The van der Waals surface area contributed by atoms with Gasteiger partial charge in [0.25, 0.3) is 11.2 Å². The first-order chi connectivity index (χ1) is 15.3. The Hall–Kier alpha value is -3.37. The molecule has 32 heavy (non-hydrogen) atoms. The number of fused-ring (bicyclic) bond motifs is 1. The first-order valence-electron chi connectivity index (χ1n) is 9.77. The van der Waals surface area contributed by atoms with Gasteiger partial charge in [-0.15, -0.1) is 11.3 Å². The lowest BCUT2D eigenvalue weighted by molar-refractivity contribution is -0.384. The van der Waals surface area contributed by atoms with Gasteiger partial charge in [-0.3, -0.25) is 19.5 Å². The fourth-order valence-corrected chi connectivity index (χ4v) is 5.29. The third kappa shape index (κ3) is 4.06. The molecule has 3 aromatic rings. The number of esters is 1. The number of hydrogen-bond acceptors (Lipinski definition) is 8. The number of nitrogens with zero attached hydrogens (tertiary/aromatic N) is 3. The quantitative estimate of drug-likeness (QED) is 0.324. The molecule has 0 spiro atoms. The summed E-state index contributed by atoms with van der Waals surface area (Å²) in [6, 6.07) is 9.07. The van der Waals surface area contributed by atoms with Crippen LogP contribution >= 0.6 is 22.7 Å². The zero-order valence-corrected chi connectivity index (χ0v) is 19.1. The lowest BCUT2D eigenvalue weighted by Crippen LogP contribution is -2.39. The molecule has 0 saturated heterocycles. The van der Waals surface area contributed by atoms with E-state index in [4.69, 9.17) is 4.74 Å². The number of carbonyl (C=O) groups is 1. The maximum absolute atomic E-state index is 13.4. The Morgan fingerprint density at radius 3 is 2.59 bits per heavy atom. The van der Waals surface area contributed by atoms with Crippen molar-refractivity contribution < 1.29 is 14.5 Å². The molecule has 1 aliphatic rings. The van der Waals surface area contributed by atoms with E-state index in [1.807, 2.05) is 17.5 Å². The van der Waals surface area contributed by atoms with Gasteiger partial charge in [0.05, 0.1) is 26.8 Å². The first kappa shape index (κ1) is 21.8. The van der Waals surface area contributed by atoms with Crippen LogP contribution in [0.5, 0.6) is 0 Å². The highest BCUT2D eigenvalue weighted by Gasteiger charge is 2.34. The largest absolute Gasteiger partial charge is 0.459 e. The van der Waals surface area contributed by atoms with Gasteiger partial charge in [0, 0.05) is 17.0 Å². The van der Waals surface area contributed by atoms with Crippen molar-refractivity contribution in [1.82, 2.24) is 4.57 Å². The third-order valence-corrected chi connectivity index (χ3v) is 6.71. The number of non-ortho nitro benzene ring substituents is 1. The number of aromatic nitrogens is 1. The van der Waals surface area contributed by atoms with Gasteiger partial charge in [0.15, 0.2) is 4.80 Å². The van der Waals surface area contributed by atoms with Crippen molar-refractivity contribution in [1.29, 1.82) is 0 Å². The molecule has 3 heterocycles. The molecule has 0 saturated carbocycles. The molecule has 10 heteroatoms. The van der Waals surface area contributed by atoms with Crippen molar-refractivity contribution in [2.75, 3.05) is 0 Å². The summed E-state index contributed by atoms with van der Waals surface area (Å²) in [5.74, 6) is -0.496. The van der Waals surface area contributed by atoms with Gasteiger partial charge >= 0.3 is 5.97 Å². The van der Waals surface area contributed by atoms with E-state index >= 15 is 0 Å². The summed E-state index contributed by atoms with van der Waals surface area (Å²) >= 11 is 2.66. The minimum Gasteiger partial charge on any atom is -0.459 e. The van der Waals surface area contributed by atoms with Gasteiger partial charge in [-0.25, -0.2) is 9.79 Å². The van der Waals surface area contributed by atoms with E-state index in [9.17, 15) is 19.7 Å². The predicted molar refractivity (Wildman–Crippen MR) is 122 cm³/mol. The van der Waals surface area contributed by atoms with Crippen LogP contribution in [0, 0.1) is 10.1 Å². The number of nitro groups is 1. The molecule has 4 rings (SSSR count). The van der Waals surface area contributed by atoms with Gasteiger partial charge in [-0.2, -0.15) is 0 Å². The molecular formula is C22H19N3O5S2. The number of ether oxygens (including phenoxy) is 1. The van der Waals surface area contributed by atoms with Gasteiger partial charge in [-0.1, -0.05) is 17.4 Å². The monoisotopic (exact) mass is 469 g/mol. The molecule has 0 amide bonds. The number of thiophene rings is 1. The average Bonchev–Trinajstić information content (AvgIpc) is 3.36. The van der Waals surface area contributed by atoms with Crippen LogP contribution in [0.15, 0.2) is 62.8 Å². The Bertz CT molecular complexity index is 1400. The fourth-order valence-electron chi connectivity index (χ4n) is 3.42. The Balaban J connectivity index is 1.87. The lowest BCUT2D eigenvalue weighted by Gasteiger charge is -2.24. The second-order valence-electron chi connectivity index (χ2n) is 7.40. The smallest absolute Gasteiger partial charge is 0.338 e. The van der Waals surface area contributed by atoms with E-state index in [1.54, 1.807) is 39.0 Å². The summed E-state index contributed by atoms with van der Waals surface area (Å²) in [5.41, 5.74) is 1.20. The van der Waals surface area contributed by atoms with Crippen LogP contribution < -0.4 is 14.9 Å². The van der Waals surface area contributed by atoms with Crippen LogP contribution in [0.4, 0.5) is 5.69 Å². The molecule has 164 valence electrons. The lowest BCUT2D eigenvalue weighted by atomic mass is 10.0. The highest BCUT2D eigenvalue weighted by atomic mass is 32.1. The Kier molecular flexibility index (Phi) is 5.90. The minimum absolute atomic E-state index is 0.0229. The van der Waals surface area contributed by atoms with E-state index < -0.39 is 16.9 Å². The minimum atomic E-state index is -0.628. The van der Waals surface area contributed by atoms with Crippen molar-refractivity contribution >= 4 is 40.4 Å². The molecule has 1 unspecified atom stereocenters. The zero-order valence-electron chi connectivity index (χ0n) is 17.5. The van der Waals surface area contributed by atoms with Gasteiger partial charge < -0.3 is 4.74 Å². The second kappa shape index (κ2) is 8.64. The Morgan fingerprint density at radius 1 is 1.28 bits per heavy atom. The summed E-state index contributed by atoms with van der Waals surface area (Å²) < 4.78 is 7.40. The van der Waals surface area contributed by atoms with Crippen LogP contribution in [0.3, 0.4) is 0 Å². The topological polar surface area (TPSA) is 104 Å². The molecular weight excluding hydrogens is 450 g/mol. The predicted octanol–water partition coefficient (Wildman–Crippen LogP) is 3.16. The number of carbonyl (C=O) groups excluding carboxylic acids is 1. The molecule has 0 fully saturated rings. The summed E-state index contributed by atoms with van der Waals surface area (Å²) in [4.78, 5) is 42.6. The van der Waals surface area contributed by atoms with E-state index in [-0.39, 0.29) is 17.4 Å². The van der Waals surface area contributed by atoms with Crippen molar-refractivity contribution in [3.63, 3.8) is 0 Å². The maximum Gasteiger partial charge on any atom is 0.338 e. The number of hydrogen-bond donors (Lipinski definition) is 0. The van der Waals surface area contributed by atoms with Crippen molar-refractivity contribution in [2.24, 2.45) is 4.99 Å². The molecule has 8 nitrogen and oxygen atoms in total. The van der Waals surface area contributed by atoms with E-state index in [0.29, 0.717) is 26.2 Å². The van der Waals surface area contributed by atoms with Crippen molar-refractivity contribution in [2.45, 2.75) is 32.9 Å². The number of allylic oxidation sites excluding steroid dienone is 1. The Morgan fingerprint density at radius 2 is 2.00 bits per heavy atom. The number of rotatable bonds is 5. The van der Waals surface area contributed by atoms with Gasteiger partial charge in [-0.05, 0) is 56.0 Å². The molecule has 1 aromatic carbocycles. The van der Waals surface area contributed by atoms with Crippen LogP contribution in [0.25, 0.3) is 6.08 Å². The third-order valence-electron chi connectivity index (χ3n) is 4.80. The fraction of sp³-hybridized carbons (Fsp3) is 0.227. The Labute approximate surface area is 190 Å². The summed E-state index contributed by atoms with van der Waals surface area (Å²) in [6.45, 7) is 5.28. The molecule has 1 atom stereocenters. The highest BCUT2D eigenvalue weighted by Crippen LogP contribution is 2.33. The number of benzene rings is 1. The summed E-state index contributed by atoms with van der Waals surface area (Å²) in [6.07, 6.45) is 1.36. The number of nitro benzene ring substituents is 1. The van der Waals surface area contributed by atoms with E-state index in [1.165, 1.54) is 39.4 Å². The molecule has 0 N–H and O–H groups in total. The van der Waals surface area contributed by atoms with E-state index in [2.05, 4.69) is 4.99 Å². The van der Waals surface area contributed by atoms with Crippen LogP contribution in [0.1, 0.15) is 37.3 Å². The molecule has 0 radical (unpaired) electrons. The average molecular weight is 470 g/mol. The highest BCUT2D eigenvalue weighted by molar-refractivity contribution is 7.10. The van der Waals surface area contributed by atoms with Crippen LogP contribution in [-0.4, -0.2) is 21.6 Å². The van der Waals surface area contributed by atoms with Gasteiger partial charge in [0.1, 0.15) is 6.04 Å². The molecule has 0 bridgehead atoms. The number of thiazole rings is 1. The van der Waals surface area contributed by atoms with Crippen molar-refractivity contribution in [3.8, 4) is 0 Å². The standard InChI is InChI=1S/C22H19N3O5S2/c1-12(2)30-21(27)18-13(3)23-22-24(19(18)16-5-4-10-31-16)20(26)17(32-22)11-14-6-8-15(9-7-14)25(28)29/h4-12,19H,1-3H3/b17-11+. The summed E-state index contributed by atoms with van der Waals surface area (Å²) in [7, 11) is 0. The molecule has 1 aliphatic heterocycles. The first-order valence-corrected chi connectivity index (χ1v) is 11.5. The second-order valence-corrected chi connectivity index (χ2v) is 9.39. The van der Waals surface area contributed by atoms with E-state index in [0.717, 1.165) is 4.88 Å². The van der Waals surface area contributed by atoms with Gasteiger partial charge in [0.2, 0.25) is 0 Å². The summed E-state index contributed by atoms with van der Waals surface area (Å²) in [5, 5.41) is 12.8. The molecule has 2 aromatic heterocycles. The SMILES string of the molecule is CC1=C(C(=O)OC(C)C)C(c2cccs2)n2c(s/c(=C/c3ccc([N+](=O)[O-])cc3)c2=O)=N1. The maximum atomic E-state index is 13.4.